The minimum Gasteiger partial charge on any atom is -0.341 e. The average Bonchev–Trinajstić information content (AvgIpc) is 3.25. The van der Waals surface area contributed by atoms with E-state index < -0.39 is 0 Å². The van der Waals surface area contributed by atoms with Crippen LogP contribution in [-0.4, -0.2) is 38.0 Å². The van der Waals surface area contributed by atoms with E-state index in [0.29, 0.717) is 12.5 Å². The number of amides is 1. The third kappa shape index (κ3) is 3.07. The van der Waals surface area contributed by atoms with E-state index in [-0.39, 0.29) is 5.91 Å². The van der Waals surface area contributed by atoms with Gasteiger partial charge in [-0.3, -0.25) is 4.79 Å². The predicted molar refractivity (Wildman–Crippen MR) is 93.5 cm³/mol. The van der Waals surface area contributed by atoms with E-state index in [0.717, 1.165) is 31.6 Å². The maximum atomic E-state index is 12.7. The van der Waals surface area contributed by atoms with Crippen LogP contribution in [0.1, 0.15) is 12.8 Å². The summed E-state index contributed by atoms with van der Waals surface area (Å²) in [6.07, 6.45) is 9.92. The van der Waals surface area contributed by atoms with Crippen molar-refractivity contribution < 1.29 is 4.79 Å². The second kappa shape index (κ2) is 6.51. The largest absolute Gasteiger partial charge is 0.341 e. The summed E-state index contributed by atoms with van der Waals surface area (Å²) in [4.78, 5) is 18.9. The molecule has 5 nitrogen and oxygen atoms in total. The second-order valence-electron chi connectivity index (χ2n) is 6.61. The fourth-order valence-corrected chi connectivity index (χ4v) is 3.66. The number of benzene rings is 1. The minimum atomic E-state index is 0.215. The van der Waals surface area contributed by atoms with E-state index in [1.165, 1.54) is 11.8 Å². The molecule has 1 saturated heterocycles. The van der Waals surface area contributed by atoms with Gasteiger partial charge in [-0.05, 0) is 36.3 Å². The summed E-state index contributed by atoms with van der Waals surface area (Å²) in [6.45, 7) is 3.08. The first kappa shape index (κ1) is 15.0. The summed E-state index contributed by atoms with van der Waals surface area (Å²) in [5, 5.41) is 1.18. The van der Waals surface area contributed by atoms with Crippen LogP contribution in [0.3, 0.4) is 0 Å². The zero-order valence-corrected chi connectivity index (χ0v) is 13.7. The monoisotopic (exact) mass is 322 g/mol. The standard InChI is InChI=1S/C19H22N4O/c24-19(14-22-10-7-17-5-1-2-6-18(17)22)23-9-3-4-16(13-23)12-21-11-8-20-15-21/h1-2,5-8,10-11,15-16H,3-4,9,12-14H2/t16-/m0/s1. The van der Waals surface area contributed by atoms with Gasteiger partial charge in [0.1, 0.15) is 6.54 Å². The molecule has 0 unspecified atom stereocenters. The van der Waals surface area contributed by atoms with Gasteiger partial charge in [0.05, 0.1) is 6.33 Å². The van der Waals surface area contributed by atoms with E-state index in [1.807, 2.05) is 42.0 Å². The number of imidazole rings is 1. The van der Waals surface area contributed by atoms with Crippen LogP contribution in [0.4, 0.5) is 0 Å². The Labute approximate surface area is 141 Å². The molecule has 1 atom stereocenters. The number of para-hydroxylation sites is 1. The first-order chi connectivity index (χ1) is 11.8. The Morgan fingerprint density at radius 2 is 2.12 bits per heavy atom. The van der Waals surface area contributed by atoms with Gasteiger partial charge in [-0.15, -0.1) is 0 Å². The van der Waals surface area contributed by atoms with Gasteiger partial charge >= 0.3 is 0 Å². The van der Waals surface area contributed by atoms with E-state index in [2.05, 4.69) is 32.3 Å². The number of carbonyl (C=O) groups excluding carboxylic acids is 1. The van der Waals surface area contributed by atoms with Crippen molar-refractivity contribution in [1.29, 1.82) is 0 Å². The zero-order valence-electron chi connectivity index (χ0n) is 13.7. The third-order valence-corrected chi connectivity index (χ3v) is 4.89. The SMILES string of the molecule is O=C(Cn1ccc2ccccc21)N1CCC[C@@H](Cn2ccnc2)C1. The molecule has 0 aliphatic carbocycles. The Morgan fingerprint density at radius 1 is 1.21 bits per heavy atom. The summed E-state index contributed by atoms with van der Waals surface area (Å²) in [6, 6.07) is 10.3. The van der Waals surface area contributed by atoms with Crippen LogP contribution in [-0.2, 0) is 17.9 Å². The lowest BCUT2D eigenvalue weighted by molar-refractivity contribution is -0.133. The lowest BCUT2D eigenvalue weighted by Gasteiger charge is -2.33. The topological polar surface area (TPSA) is 43.1 Å². The number of aromatic nitrogens is 3. The first-order valence-electron chi connectivity index (χ1n) is 8.57. The quantitative estimate of drug-likeness (QED) is 0.741. The van der Waals surface area contributed by atoms with Crippen molar-refractivity contribution in [2.24, 2.45) is 5.92 Å². The average molecular weight is 322 g/mol. The maximum absolute atomic E-state index is 12.7. The Kier molecular flexibility index (Phi) is 4.07. The lowest BCUT2D eigenvalue weighted by atomic mass is 9.98. The van der Waals surface area contributed by atoms with Gasteiger partial charge in [-0.25, -0.2) is 4.98 Å². The summed E-state index contributed by atoms with van der Waals surface area (Å²) in [5.74, 6) is 0.727. The molecule has 124 valence electrons. The summed E-state index contributed by atoms with van der Waals surface area (Å²) >= 11 is 0. The lowest BCUT2D eigenvalue weighted by Crippen LogP contribution is -2.42. The molecule has 3 heterocycles. The van der Waals surface area contributed by atoms with Crippen molar-refractivity contribution in [3.05, 3.63) is 55.2 Å². The molecule has 4 rings (SSSR count). The molecule has 1 aromatic carbocycles. The van der Waals surface area contributed by atoms with Crippen LogP contribution in [0.2, 0.25) is 0 Å². The Hall–Kier alpha value is -2.56. The highest BCUT2D eigenvalue weighted by molar-refractivity contribution is 5.83. The van der Waals surface area contributed by atoms with Crippen molar-refractivity contribution in [3.63, 3.8) is 0 Å². The molecule has 1 aliphatic rings. The summed E-state index contributed by atoms with van der Waals surface area (Å²) in [7, 11) is 0. The molecule has 1 amide bonds. The minimum absolute atomic E-state index is 0.215. The molecule has 1 fully saturated rings. The molecule has 0 N–H and O–H groups in total. The van der Waals surface area contributed by atoms with Crippen molar-refractivity contribution in [1.82, 2.24) is 19.0 Å². The van der Waals surface area contributed by atoms with Crippen LogP contribution in [0.5, 0.6) is 0 Å². The third-order valence-electron chi connectivity index (χ3n) is 4.89. The Balaban J connectivity index is 1.42. The molecule has 3 aromatic rings. The van der Waals surface area contributed by atoms with Gasteiger partial charge in [0, 0.05) is 43.7 Å². The molecule has 0 bridgehead atoms. The van der Waals surface area contributed by atoms with Gasteiger partial charge in [0.2, 0.25) is 5.91 Å². The van der Waals surface area contributed by atoms with Crippen molar-refractivity contribution in [2.45, 2.75) is 25.9 Å². The van der Waals surface area contributed by atoms with Gasteiger partial charge in [0.25, 0.3) is 0 Å². The normalized spacial score (nSPS) is 18.2. The van der Waals surface area contributed by atoms with Crippen LogP contribution < -0.4 is 0 Å². The Morgan fingerprint density at radius 3 is 3.00 bits per heavy atom. The van der Waals surface area contributed by atoms with Crippen molar-refractivity contribution in [2.75, 3.05) is 13.1 Å². The van der Waals surface area contributed by atoms with Crippen LogP contribution >= 0.6 is 0 Å². The number of rotatable bonds is 4. The zero-order chi connectivity index (χ0) is 16.4. The number of piperidine rings is 1. The summed E-state index contributed by atoms with van der Waals surface area (Å²) < 4.78 is 4.16. The number of nitrogens with zero attached hydrogens (tertiary/aromatic N) is 4. The molecule has 0 saturated carbocycles. The Bertz CT molecular complexity index is 821. The van der Waals surface area contributed by atoms with Crippen LogP contribution in [0.15, 0.2) is 55.2 Å². The highest BCUT2D eigenvalue weighted by atomic mass is 16.2. The van der Waals surface area contributed by atoms with Crippen LogP contribution in [0, 0.1) is 5.92 Å². The van der Waals surface area contributed by atoms with Crippen molar-refractivity contribution in [3.8, 4) is 0 Å². The molecule has 2 aromatic heterocycles. The van der Waals surface area contributed by atoms with E-state index >= 15 is 0 Å². The van der Waals surface area contributed by atoms with E-state index in [4.69, 9.17) is 0 Å². The smallest absolute Gasteiger partial charge is 0.242 e. The number of likely N-dealkylation sites (tertiary alicyclic amines) is 1. The molecular weight excluding hydrogens is 300 g/mol. The molecular formula is C19H22N4O. The first-order valence-corrected chi connectivity index (χ1v) is 8.57. The van der Waals surface area contributed by atoms with E-state index in [9.17, 15) is 4.79 Å². The number of fused-ring (bicyclic) bond motifs is 1. The highest BCUT2D eigenvalue weighted by Gasteiger charge is 2.24. The fourth-order valence-electron chi connectivity index (χ4n) is 3.66. The summed E-state index contributed by atoms with van der Waals surface area (Å²) in [5.41, 5.74) is 1.12. The number of hydrogen-bond donors (Lipinski definition) is 0. The number of carbonyl (C=O) groups is 1. The predicted octanol–water partition coefficient (Wildman–Crippen LogP) is 2.78. The molecule has 5 heteroatoms. The van der Waals surface area contributed by atoms with Gasteiger partial charge in [-0.2, -0.15) is 0 Å². The van der Waals surface area contributed by atoms with Gasteiger partial charge in [-0.1, -0.05) is 18.2 Å². The highest BCUT2D eigenvalue weighted by Crippen LogP contribution is 2.20. The van der Waals surface area contributed by atoms with E-state index in [1.54, 1.807) is 0 Å². The molecule has 0 spiro atoms. The maximum Gasteiger partial charge on any atom is 0.242 e. The molecule has 24 heavy (non-hydrogen) atoms. The van der Waals surface area contributed by atoms with Crippen molar-refractivity contribution >= 4 is 16.8 Å². The fraction of sp³-hybridized carbons (Fsp3) is 0.368. The van der Waals surface area contributed by atoms with Gasteiger partial charge < -0.3 is 14.0 Å². The number of hydrogen-bond acceptors (Lipinski definition) is 2. The molecule has 0 radical (unpaired) electrons. The molecule has 1 aliphatic heterocycles. The second-order valence-corrected chi connectivity index (χ2v) is 6.61. The van der Waals surface area contributed by atoms with Crippen LogP contribution in [0.25, 0.3) is 10.9 Å². The van der Waals surface area contributed by atoms with Gasteiger partial charge in [0.15, 0.2) is 0 Å².